The van der Waals surface area contributed by atoms with Crippen LogP contribution in [0.4, 0.5) is 13.2 Å². The lowest BCUT2D eigenvalue weighted by atomic mass is 10.1. The lowest BCUT2D eigenvalue weighted by molar-refractivity contribution is -0.138. The van der Waals surface area contributed by atoms with Crippen LogP contribution in [0.2, 0.25) is 0 Å². The zero-order valence-corrected chi connectivity index (χ0v) is 10.6. The maximum absolute atomic E-state index is 12.9. The summed E-state index contributed by atoms with van der Waals surface area (Å²) in [6.45, 7) is 3.58. The number of ether oxygens (including phenoxy) is 1. The summed E-state index contributed by atoms with van der Waals surface area (Å²) < 4.78 is 44.0. The van der Waals surface area contributed by atoms with Gasteiger partial charge in [-0.15, -0.1) is 0 Å². The second kappa shape index (κ2) is 4.96. The lowest BCUT2D eigenvalue weighted by Crippen LogP contribution is -2.07. The minimum absolute atomic E-state index is 0.168. The maximum atomic E-state index is 12.9. The topological polar surface area (TPSA) is 9.23 Å². The summed E-state index contributed by atoms with van der Waals surface area (Å²) in [7, 11) is 0. The molecule has 100 valence electrons. The first-order valence-electron chi connectivity index (χ1n) is 5.78. The molecule has 0 aromatic heterocycles. The summed E-state index contributed by atoms with van der Waals surface area (Å²) >= 11 is 0. The Labute approximate surface area is 109 Å². The molecule has 0 bridgehead atoms. The van der Waals surface area contributed by atoms with Crippen molar-refractivity contribution >= 4 is 0 Å². The van der Waals surface area contributed by atoms with Crippen molar-refractivity contribution in [3.05, 3.63) is 59.2 Å². The zero-order valence-electron chi connectivity index (χ0n) is 10.6. The van der Waals surface area contributed by atoms with E-state index in [0.29, 0.717) is 5.75 Å². The first kappa shape index (κ1) is 13.5. The summed E-state index contributed by atoms with van der Waals surface area (Å²) in [5, 5.41) is 0. The molecule has 4 heteroatoms. The molecular formula is C15H13F3O. The SMILES string of the molecule is Cc1cccc(Oc2cc(C)ccc2C(F)(F)F)c1. The van der Waals surface area contributed by atoms with Crippen molar-refractivity contribution in [2.75, 3.05) is 0 Å². The van der Waals surface area contributed by atoms with E-state index in [9.17, 15) is 13.2 Å². The van der Waals surface area contributed by atoms with Gasteiger partial charge in [0.1, 0.15) is 11.5 Å². The number of aryl methyl sites for hydroxylation is 2. The third-order valence-corrected chi connectivity index (χ3v) is 2.66. The predicted octanol–water partition coefficient (Wildman–Crippen LogP) is 5.11. The van der Waals surface area contributed by atoms with Crippen LogP contribution in [0.1, 0.15) is 16.7 Å². The van der Waals surface area contributed by atoms with Crippen LogP contribution < -0.4 is 4.74 Å². The fourth-order valence-corrected chi connectivity index (χ4v) is 1.75. The Bertz CT molecular complexity index is 588. The zero-order chi connectivity index (χ0) is 14.0. The van der Waals surface area contributed by atoms with Crippen molar-refractivity contribution in [2.45, 2.75) is 20.0 Å². The summed E-state index contributed by atoms with van der Waals surface area (Å²) in [4.78, 5) is 0. The maximum Gasteiger partial charge on any atom is 0.419 e. The molecule has 0 saturated carbocycles. The van der Waals surface area contributed by atoms with Crippen molar-refractivity contribution in [3.8, 4) is 11.5 Å². The second-order valence-corrected chi connectivity index (χ2v) is 4.42. The van der Waals surface area contributed by atoms with Crippen LogP contribution in [0, 0.1) is 13.8 Å². The van der Waals surface area contributed by atoms with Crippen LogP contribution in [0.15, 0.2) is 42.5 Å². The highest BCUT2D eigenvalue weighted by Crippen LogP contribution is 2.38. The van der Waals surface area contributed by atoms with Gasteiger partial charge in [0.15, 0.2) is 0 Å². The highest BCUT2D eigenvalue weighted by molar-refractivity contribution is 5.42. The third-order valence-electron chi connectivity index (χ3n) is 2.66. The number of benzene rings is 2. The third kappa shape index (κ3) is 3.28. The first-order valence-corrected chi connectivity index (χ1v) is 5.78. The molecule has 0 heterocycles. The van der Waals surface area contributed by atoms with E-state index >= 15 is 0 Å². The van der Waals surface area contributed by atoms with Crippen LogP contribution in [-0.2, 0) is 6.18 Å². The smallest absolute Gasteiger partial charge is 0.419 e. The highest BCUT2D eigenvalue weighted by Gasteiger charge is 2.34. The van der Waals surface area contributed by atoms with Gasteiger partial charge in [0.25, 0.3) is 0 Å². The molecule has 19 heavy (non-hydrogen) atoms. The van der Waals surface area contributed by atoms with Crippen LogP contribution in [0.25, 0.3) is 0 Å². The molecule has 2 rings (SSSR count). The standard InChI is InChI=1S/C15H13F3O/c1-10-4-3-5-12(8-10)19-14-9-11(2)6-7-13(14)15(16,17)18/h3-9H,1-2H3. The molecule has 0 radical (unpaired) electrons. The van der Waals surface area contributed by atoms with Gasteiger partial charge >= 0.3 is 6.18 Å². The van der Waals surface area contributed by atoms with Crippen LogP contribution >= 0.6 is 0 Å². The van der Waals surface area contributed by atoms with Gasteiger partial charge < -0.3 is 4.74 Å². The Morgan fingerprint density at radius 2 is 1.58 bits per heavy atom. The first-order chi connectivity index (χ1) is 8.86. The number of rotatable bonds is 2. The fourth-order valence-electron chi connectivity index (χ4n) is 1.75. The van der Waals surface area contributed by atoms with Crippen LogP contribution in [-0.4, -0.2) is 0 Å². The average molecular weight is 266 g/mol. The molecule has 2 aromatic carbocycles. The van der Waals surface area contributed by atoms with Gasteiger partial charge in [0.2, 0.25) is 0 Å². The summed E-state index contributed by atoms with van der Waals surface area (Å²) in [5.41, 5.74) is 0.883. The Morgan fingerprint density at radius 3 is 2.21 bits per heavy atom. The van der Waals surface area contributed by atoms with Crippen LogP contribution in [0.3, 0.4) is 0 Å². The van der Waals surface area contributed by atoms with E-state index in [-0.39, 0.29) is 5.75 Å². The van der Waals surface area contributed by atoms with Gasteiger partial charge in [0.05, 0.1) is 5.56 Å². The molecule has 0 aliphatic rings. The molecule has 0 atom stereocenters. The van der Waals surface area contributed by atoms with Crippen molar-refractivity contribution in [1.29, 1.82) is 0 Å². The minimum Gasteiger partial charge on any atom is -0.457 e. The number of hydrogen-bond donors (Lipinski definition) is 0. The molecule has 0 unspecified atom stereocenters. The second-order valence-electron chi connectivity index (χ2n) is 4.42. The summed E-state index contributed by atoms with van der Waals surface area (Å²) in [6.07, 6.45) is -4.42. The van der Waals surface area contributed by atoms with E-state index in [1.807, 2.05) is 13.0 Å². The molecular weight excluding hydrogens is 253 g/mol. The molecule has 0 aliphatic carbocycles. The Morgan fingerprint density at radius 1 is 0.895 bits per heavy atom. The Balaban J connectivity index is 2.41. The molecule has 0 N–H and O–H groups in total. The van der Waals surface area contributed by atoms with Gasteiger partial charge in [-0.3, -0.25) is 0 Å². The lowest BCUT2D eigenvalue weighted by Gasteiger charge is -2.14. The molecule has 0 aliphatic heterocycles. The van der Waals surface area contributed by atoms with E-state index in [4.69, 9.17) is 4.74 Å². The molecule has 1 nitrogen and oxygen atoms in total. The normalized spacial score (nSPS) is 11.4. The number of halogens is 3. The van der Waals surface area contributed by atoms with E-state index in [1.165, 1.54) is 12.1 Å². The number of hydrogen-bond acceptors (Lipinski definition) is 1. The predicted molar refractivity (Wildman–Crippen MR) is 67.4 cm³/mol. The van der Waals surface area contributed by atoms with Crippen LogP contribution in [0.5, 0.6) is 11.5 Å². The fraction of sp³-hybridized carbons (Fsp3) is 0.200. The van der Waals surface area contributed by atoms with Gasteiger partial charge in [-0.1, -0.05) is 18.2 Å². The van der Waals surface area contributed by atoms with Crippen molar-refractivity contribution < 1.29 is 17.9 Å². The Kier molecular flexibility index (Phi) is 3.51. The monoisotopic (exact) mass is 266 g/mol. The van der Waals surface area contributed by atoms with Gasteiger partial charge in [-0.05, 0) is 49.2 Å². The van der Waals surface area contributed by atoms with E-state index in [2.05, 4.69) is 0 Å². The molecule has 0 fully saturated rings. The highest BCUT2D eigenvalue weighted by atomic mass is 19.4. The average Bonchev–Trinajstić information content (AvgIpc) is 2.27. The van der Waals surface area contributed by atoms with E-state index < -0.39 is 11.7 Å². The molecule has 0 amide bonds. The Hall–Kier alpha value is -1.97. The van der Waals surface area contributed by atoms with E-state index in [1.54, 1.807) is 25.1 Å². The quantitative estimate of drug-likeness (QED) is 0.733. The molecule has 2 aromatic rings. The van der Waals surface area contributed by atoms with Gasteiger partial charge in [0, 0.05) is 0 Å². The molecule has 0 saturated heterocycles. The van der Waals surface area contributed by atoms with Crippen molar-refractivity contribution in [1.82, 2.24) is 0 Å². The number of alkyl halides is 3. The van der Waals surface area contributed by atoms with E-state index in [0.717, 1.165) is 17.2 Å². The van der Waals surface area contributed by atoms with Gasteiger partial charge in [-0.25, -0.2) is 0 Å². The summed E-state index contributed by atoms with van der Waals surface area (Å²) in [5.74, 6) is 0.231. The van der Waals surface area contributed by atoms with Crippen molar-refractivity contribution in [3.63, 3.8) is 0 Å². The largest absolute Gasteiger partial charge is 0.457 e. The van der Waals surface area contributed by atoms with Gasteiger partial charge in [-0.2, -0.15) is 13.2 Å². The minimum atomic E-state index is -4.42. The van der Waals surface area contributed by atoms with Crippen molar-refractivity contribution in [2.24, 2.45) is 0 Å². The molecule has 0 spiro atoms. The summed E-state index contributed by atoms with van der Waals surface area (Å²) in [6, 6.07) is 10.8.